The number of aromatic nitrogens is 3. The standard InChI is InChI=1S/C10H15N3O3/c1-6(16-2)9-12-11-8-4-3-7(10(14)15)5-13(8)9/h6-7H,3-5H2,1-2H3,(H,14,15). The van der Waals surface area contributed by atoms with Crippen LogP contribution in [0.5, 0.6) is 0 Å². The highest BCUT2D eigenvalue weighted by molar-refractivity contribution is 5.70. The highest BCUT2D eigenvalue weighted by atomic mass is 16.5. The molecule has 1 N–H and O–H groups in total. The average molecular weight is 225 g/mol. The number of carbonyl (C=O) groups is 1. The van der Waals surface area contributed by atoms with Crippen LogP contribution in [-0.4, -0.2) is 33.0 Å². The molecule has 0 aliphatic carbocycles. The minimum Gasteiger partial charge on any atom is -0.481 e. The van der Waals surface area contributed by atoms with Crippen molar-refractivity contribution >= 4 is 5.97 Å². The third kappa shape index (κ3) is 1.80. The summed E-state index contributed by atoms with van der Waals surface area (Å²) in [5, 5.41) is 17.1. The van der Waals surface area contributed by atoms with Gasteiger partial charge >= 0.3 is 5.97 Å². The molecule has 6 heteroatoms. The number of ether oxygens (including phenoxy) is 1. The number of methoxy groups -OCH3 is 1. The van der Waals surface area contributed by atoms with Crippen LogP contribution in [0.1, 0.15) is 31.1 Å². The second-order valence-electron chi connectivity index (χ2n) is 4.04. The zero-order chi connectivity index (χ0) is 11.7. The van der Waals surface area contributed by atoms with Crippen LogP contribution in [0, 0.1) is 5.92 Å². The van der Waals surface area contributed by atoms with Gasteiger partial charge in [0.05, 0.1) is 5.92 Å². The van der Waals surface area contributed by atoms with E-state index in [4.69, 9.17) is 9.84 Å². The molecule has 0 bridgehead atoms. The van der Waals surface area contributed by atoms with Gasteiger partial charge < -0.3 is 14.4 Å². The first kappa shape index (κ1) is 11.1. The van der Waals surface area contributed by atoms with Gasteiger partial charge in [-0.2, -0.15) is 0 Å². The van der Waals surface area contributed by atoms with Crippen LogP contribution in [0.3, 0.4) is 0 Å². The van der Waals surface area contributed by atoms with Crippen molar-refractivity contribution in [2.75, 3.05) is 7.11 Å². The summed E-state index contributed by atoms with van der Waals surface area (Å²) in [5.41, 5.74) is 0. The Labute approximate surface area is 93.2 Å². The molecule has 2 atom stereocenters. The van der Waals surface area contributed by atoms with Crippen LogP contribution in [0.25, 0.3) is 0 Å². The van der Waals surface area contributed by atoms with Crippen LogP contribution in [0.15, 0.2) is 0 Å². The van der Waals surface area contributed by atoms with Crippen LogP contribution >= 0.6 is 0 Å². The summed E-state index contributed by atoms with van der Waals surface area (Å²) in [6, 6.07) is 0. The van der Waals surface area contributed by atoms with Gasteiger partial charge in [0.1, 0.15) is 11.9 Å². The fourth-order valence-electron chi connectivity index (χ4n) is 1.96. The number of nitrogens with zero attached hydrogens (tertiary/aromatic N) is 3. The van der Waals surface area contributed by atoms with Crippen LogP contribution < -0.4 is 0 Å². The summed E-state index contributed by atoms with van der Waals surface area (Å²) in [6.07, 6.45) is 1.14. The molecule has 1 aliphatic heterocycles. The number of rotatable bonds is 3. The Kier molecular flexibility index (Phi) is 2.91. The normalized spacial score (nSPS) is 21.5. The molecular formula is C10H15N3O3. The Bertz CT molecular complexity index is 402. The molecule has 0 spiro atoms. The van der Waals surface area contributed by atoms with E-state index in [1.165, 1.54) is 0 Å². The maximum atomic E-state index is 11.0. The molecule has 16 heavy (non-hydrogen) atoms. The summed E-state index contributed by atoms with van der Waals surface area (Å²) in [6.45, 7) is 2.32. The molecule has 1 aliphatic rings. The average Bonchev–Trinajstić information content (AvgIpc) is 2.70. The fraction of sp³-hybridized carbons (Fsp3) is 0.700. The van der Waals surface area contributed by atoms with E-state index in [2.05, 4.69) is 10.2 Å². The van der Waals surface area contributed by atoms with Gasteiger partial charge in [-0.05, 0) is 13.3 Å². The SMILES string of the molecule is COC(C)c1nnc2n1CC(C(=O)O)CC2. The van der Waals surface area contributed by atoms with Gasteiger partial charge in [0, 0.05) is 20.1 Å². The van der Waals surface area contributed by atoms with Crippen LogP contribution in [-0.2, 0) is 22.5 Å². The lowest BCUT2D eigenvalue weighted by Crippen LogP contribution is -2.28. The third-order valence-corrected chi connectivity index (χ3v) is 3.04. The summed E-state index contributed by atoms with van der Waals surface area (Å²) in [7, 11) is 1.60. The number of hydrogen-bond donors (Lipinski definition) is 1. The Hall–Kier alpha value is -1.43. The quantitative estimate of drug-likeness (QED) is 0.816. The molecule has 88 valence electrons. The first-order valence-corrected chi connectivity index (χ1v) is 5.31. The second-order valence-corrected chi connectivity index (χ2v) is 4.04. The molecule has 2 heterocycles. The topological polar surface area (TPSA) is 77.2 Å². The lowest BCUT2D eigenvalue weighted by molar-refractivity contribution is -0.142. The van der Waals surface area contributed by atoms with Crippen molar-refractivity contribution in [1.29, 1.82) is 0 Å². The predicted molar refractivity (Wildman–Crippen MR) is 54.9 cm³/mol. The zero-order valence-electron chi connectivity index (χ0n) is 9.38. The van der Waals surface area contributed by atoms with Gasteiger partial charge in [-0.3, -0.25) is 4.79 Å². The number of fused-ring (bicyclic) bond motifs is 1. The van der Waals surface area contributed by atoms with Gasteiger partial charge in [-0.25, -0.2) is 0 Å². The van der Waals surface area contributed by atoms with E-state index in [1.807, 2.05) is 11.5 Å². The molecule has 0 amide bonds. The predicted octanol–water partition coefficient (Wildman–Crippen LogP) is 0.632. The molecule has 2 rings (SSSR count). The fourth-order valence-corrected chi connectivity index (χ4v) is 1.96. The van der Waals surface area contributed by atoms with Gasteiger partial charge in [-0.1, -0.05) is 0 Å². The number of carboxylic acids is 1. The van der Waals surface area contributed by atoms with E-state index in [9.17, 15) is 4.79 Å². The molecule has 1 aromatic rings. The molecule has 6 nitrogen and oxygen atoms in total. The van der Waals surface area contributed by atoms with E-state index in [1.54, 1.807) is 7.11 Å². The maximum absolute atomic E-state index is 11.0. The van der Waals surface area contributed by atoms with Crippen molar-refractivity contribution in [3.05, 3.63) is 11.6 Å². The summed E-state index contributed by atoms with van der Waals surface area (Å²) in [4.78, 5) is 11.0. The molecule has 0 radical (unpaired) electrons. The van der Waals surface area contributed by atoms with Crippen LogP contribution in [0.4, 0.5) is 0 Å². The van der Waals surface area contributed by atoms with Crippen molar-refractivity contribution < 1.29 is 14.6 Å². The second kappa shape index (κ2) is 4.21. The van der Waals surface area contributed by atoms with Gasteiger partial charge in [-0.15, -0.1) is 10.2 Å². The maximum Gasteiger partial charge on any atom is 0.308 e. The first-order valence-electron chi connectivity index (χ1n) is 5.31. The summed E-state index contributed by atoms with van der Waals surface area (Å²) < 4.78 is 7.06. The monoisotopic (exact) mass is 225 g/mol. The smallest absolute Gasteiger partial charge is 0.308 e. The lowest BCUT2D eigenvalue weighted by atomic mass is 9.99. The van der Waals surface area contributed by atoms with Crippen molar-refractivity contribution in [2.24, 2.45) is 5.92 Å². The number of hydrogen-bond acceptors (Lipinski definition) is 4. The Morgan fingerprint density at radius 2 is 2.38 bits per heavy atom. The van der Waals surface area contributed by atoms with Crippen molar-refractivity contribution in [3.63, 3.8) is 0 Å². The first-order chi connectivity index (χ1) is 7.63. The lowest BCUT2D eigenvalue weighted by Gasteiger charge is -2.22. The van der Waals surface area contributed by atoms with E-state index >= 15 is 0 Å². The highest BCUT2D eigenvalue weighted by Gasteiger charge is 2.28. The van der Waals surface area contributed by atoms with E-state index in [0.29, 0.717) is 25.2 Å². The molecule has 0 fully saturated rings. The zero-order valence-corrected chi connectivity index (χ0v) is 9.38. The highest BCUT2D eigenvalue weighted by Crippen LogP contribution is 2.23. The molecule has 1 aromatic heterocycles. The minimum absolute atomic E-state index is 0.159. The molecule has 0 saturated heterocycles. The van der Waals surface area contributed by atoms with Crippen molar-refractivity contribution in [2.45, 2.75) is 32.4 Å². The molecular weight excluding hydrogens is 210 g/mol. The number of aliphatic carboxylic acids is 1. The largest absolute Gasteiger partial charge is 0.481 e. The van der Waals surface area contributed by atoms with E-state index in [-0.39, 0.29) is 12.0 Å². The number of aryl methyl sites for hydroxylation is 1. The molecule has 0 aromatic carbocycles. The number of carboxylic acid groups (broad SMARTS) is 1. The van der Waals surface area contributed by atoms with Crippen LogP contribution in [0.2, 0.25) is 0 Å². The Morgan fingerprint density at radius 1 is 1.62 bits per heavy atom. The van der Waals surface area contributed by atoms with Crippen molar-refractivity contribution in [3.8, 4) is 0 Å². The Morgan fingerprint density at radius 3 is 3.00 bits per heavy atom. The van der Waals surface area contributed by atoms with Gasteiger partial charge in [0.2, 0.25) is 0 Å². The third-order valence-electron chi connectivity index (χ3n) is 3.04. The van der Waals surface area contributed by atoms with Gasteiger partial charge in [0.15, 0.2) is 5.82 Å². The van der Waals surface area contributed by atoms with E-state index < -0.39 is 5.97 Å². The summed E-state index contributed by atoms with van der Waals surface area (Å²) >= 11 is 0. The van der Waals surface area contributed by atoms with Gasteiger partial charge in [0.25, 0.3) is 0 Å². The minimum atomic E-state index is -0.754. The molecule has 0 saturated carbocycles. The Balaban J connectivity index is 2.27. The molecule has 2 unspecified atom stereocenters. The summed E-state index contributed by atoms with van der Waals surface area (Å²) in [5.74, 6) is 0.474. The van der Waals surface area contributed by atoms with Crippen molar-refractivity contribution in [1.82, 2.24) is 14.8 Å². The van der Waals surface area contributed by atoms with E-state index in [0.717, 1.165) is 5.82 Å².